The summed E-state index contributed by atoms with van der Waals surface area (Å²) in [6.07, 6.45) is 2.94. The van der Waals surface area contributed by atoms with Crippen molar-refractivity contribution < 1.29 is 4.39 Å². The van der Waals surface area contributed by atoms with Crippen molar-refractivity contribution in [3.8, 4) is 0 Å². The van der Waals surface area contributed by atoms with E-state index in [2.05, 4.69) is 17.1 Å². The van der Waals surface area contributed by atoms with E-state index in [0.29, 0.717) is 0 Å². The molecule has 2 atom stereocenters. The third-order valence-corrected chi connectivity index (χ3v) is 5.01. The number of nitrogens with one attached hydrogen (secondary N) is 1. The minimum absolute atomic E-state index is 0.205. The Balaban J connectivity index is 1.80. The van der Waals surface area contributed by atoms with E-state index in [0.717, 1.165) is 35.9 Å². The van der Waals surface area contributed by atoms with Crippen molar-refractivity contribution in [1.82, 2.24) is 4.98 Å². The lowest BCUT2D eigenvalue weighted by molar-refractivity contribution is 0.461. The van der Waals surface area contributed by atoms with Crippen LogP contribution in [0.25, 0.3) is 10.9 Å². The van der Waals surface area contributed by atoms with E-state index in [1.165, 1.54) is 16.6 Å². The first-order chi connectivity index (χ1) is 11.3. The Morgan fingerprint density at radius 1 is 1.13 bits per heavy atom. The molecule has 1 heterocycles. The Kier molecular flexibility index (Phi) is 3.66. The maximum absolute atomic E-state index is 13.7. The zero-order valence-corrected chi connectivity index (χ0v) is 13.1. The molecule has 0 unspecified atom stereocenters. The molecule has 118 valence electrons. The summed E-state index contributed by atoms with van der Waals surface area (Å²) in [5, 5.41) is 1.21. The zero-order valence-electron chi connectivity index (χ0n) is 13.1. The molecule has 0 bridgehead atoms. The number of hydrogen-bond acceptors (Lipinski definition) is 1. The van der Waals surface area contributed by atoms with E-state index in [4.69, 9.17) is 5.73 Å². The Labute approximate surface area is 135 Å². The predicted octanol–water partition coefficient (Wildman–Crippen LogP) is 4.09. The first-order valence-corrected chi connectivity index (χ1v) is 8.26. The quantitative estimate of drug-likeness (QED) is 0.752. The number of benzene rings is 2. The van der Waals surface area contributed by atoms with Gasteiger partial charge in [-0.2, -0.15) is 0 Å². The van der Waals surface area contributed by atoms with Crippen LogP contribution in [0.2, 0.25) is 0 Å². The molecule has 3 heteroatoms. The number of halogens is 1. The predicted molar refractivity (Wildman–Crippen MR) is 92.6 cm³/mol. The van der Waals surface area contributed by atoms with Gasteiger partial charge in [0.05, 0.1) is 0 Å². The first kappa shape index (κ1) is 14.5. The van der Waals surface area contributed by atoms with Gasteiger partial charge in [0.1, 0.15) is 6.67 Å². The first-order valence-electron chi connectivity index (χ1n) is 8.26. The highest BCUT2D eigenvalue weighted by Crippen LogP contribution is 2.33. The van der Waals surface area contributed by atoms with E-state index in [1.54, 1.807) is 0 Å². The molecule has 0 spiro atoms. The molecular formula is C20H21FN2. The summed E-state index contributed by atoms with van der Waals surface area (Å²) in [7, 11) is 0. The number of H-pyrrole nitrogens is 1. The molecule has 0 fully saturated rings. The van der Waals surface area contributed by atoms with E-state index in [9.17, 15) is 4.39 Å². The molecule has 0 aliphatic heterocycles. The van der Waals surface area contributed by atoms with Crippen LogP contribution < -0.4 is 5.73 Å². The minimum Gasteiger partial charge on any atom is -0.358 e. The Morgan fingerprint density at radius 2 is 1.96 bits per heavy atom. The van der Waals surface area contributed by atoms with Crippen molar-refractivity contribution in [3.63, 3.8) is 0 Å². The molecule has 2 nitrogen and oxygen atoms in total. The molecule has 23 heavy (non-hydrogen) atoms. The average Bonchev–Trinajstić information content (AvgIpc) is 2.94. The fourth-order valence-electron chi connectivity index (χ4n) is 3.73. The Hall–Kier alpha value is -2.13. The van der Waals surface area contributed by atoms with Gasteiger partial charge in [-0.1, -0.05) is 36.4 Å². The summed E-state index contributed by atoms with van der Waals surface area (Å²) in [5.41, 5.74) is 12.0. The highest BCUT2D eigenvalue weighted by Gasteiger charge is 2.21. The lowest BCUT2D eigenvalue weighted by atomic mass is 9.89. The van der Waals surface area contributed by atoms with Gasteiger partial charge in [0.15, 0.2) is 0 Å². The second-order valence-electron chi connectivity index (χ2n) is 6.51. The summed E-state index contributed by atoms with van der Waals surface area (Å²) in [6.45, 7) is -0.387. The monoisotopic (exact) mass is 308 g/mol. The highest BCUT2D eigenvalue weighted by atomic mass is 19.1. The highest BCUT2D eigenvalue weighted by molar-refractivity contribution is 5.86. The number of aromatic amines is 1. The van der Waals surface area contributed by atoms with Crippen LogP contribution in [0.15, 0.2) is 48.5 Å². The lowest BCUT2D eigenvalue weighted by Crippen LogP contribution is -2.27. The van der Waals surface area contributed by atoms with Gasteiger partial charge in [0.2, 0.25) is 0 Å². The van der Waals surface area contributed by atoms with Crippen molar-refractivity contribution in [2.45, 2.75) is 31.2 Å². The Bertz CT molecular complexity index is 822. The van der Waals surface area contributed by atoms with Gasteiger partial charge in [-0.05, 0) is 48.1 Å². The number of nitrogens with two attached hydrogens (primary N) is 1. The largest absolute Gasteiger partial charge is 0.358 e. The van der Waals surface area contributed by atoms with Gasteiger partial charge in [0, 0.05) is 28.6 Å². The molecule has 3 aromatic rings. The van der Waals surface area contributed by atoms with E-state index < -0.39 is 0 Å². The molecule has 0 radical (unpaired) electrons. The number of fused-ring (bicyclic) bond motifs is 3. The van der Waals surface area contributed by atoms with Gasteiger partial charge in [-0.3, -0.25) is 4.39 Å². The van der Waals surface area contributed by atoms with Crippen molar-refractivity contribution in [3.05, 3.63) is 70.9 Å². The fourth-order valence-corrected chi connectivity index (χ4v) is 3.73. The number of aryl methyl sites for hydroxylation is 1. The van der Waals surface area contributed by atoms with Crippen LogP contribution in [0.1, 0.15) is 34.7 Å². The van der Waals surface area contributed by atoms with Crippen molar-refractivity contribution in [1.29, 1.82) is 0 Å². The molecule has 0 saturated carbocycles. The summed E-state index contributed by atoms with van der Waals surface area (Å²) in [5.74, 6) is -0.205. The van der Waals surface area contributed by atoms with Gasteiger partial charge >= 0.3 is 0 Å². The molecule has 4 rings (SSSR count). The molecule has 0 saturated heterocycles. The molecule has 1 aliphatic rings. The van der Waals surface area contributed by atoms with E-state index >= 15 is 0 Å². The van der Waals surface area contributed by atoms with Crippen LogP contribution in [0, 0.1) is 0 Å². The maximum Gasteiger partial charge on any atom is 0.100 e. The van der Waals surface area contributed by atoms with Crippen molar-refractivity contribution >= 4 is 10.9 Å². The number of rotatable bonds is 3. The van der Waals surface area contributed by atoms with E-state index in [1.807, 2.05) is 36.4 Å². The molecule has 3 N–H and O–H groups in total. The molecular weight excluding hydrogens is 287 g/mol. The van der Waals surface area contributed by atoms with Crippen LogP contribution in [0.5, 0.6) is 0 Å². The SMILES string of the molecule is N[C@H]1CCc2[nH]c3ccc([C@H](CF)c4ccccc4)cc3c2C1. The lowest BCUT2D eigenvalue weighted by Gasteiger charge is -2.18. The van der Waals surface area contributed by atoms with Crippen LogP contribution >= 0.6 is 0 Å². The van der Waals surface area contributed by atoms with Crippen LogP contribution in [0.4, 0.5) is 4.39 Å². The molecule has 2 aromatic carbocycles. The Morgan fingerprint density at radius 3 is 2.74 bits per heavy atom. The molecule has 1 aliphatic carbocycles. The minimum atomic E-state index is -0.387. The van der Waals surface area contributed by atoms with Gasteiger partial charge < -0.3 is 10.7 Å². The van der Waals surface area contributed by atoms with Crippen molar-refractivity contribution in [2.24, 2.45) is 5.73 Å². The molecule has 1 aromatic heterocycles. The van der Waals surface area contributed by atoms with Gasteiger partial charge in [-0.15, -0.1) is 0 Å². The maximum atomic E-state index is 13.7. The van der Waals surface area contributed by atoms with Crippen LogP contribution in [-0.4, -0.2) is 17.7 Å². The number of aromatic nitrogens is 1. The topological polar surface area (TPSA) is 41.8 Å². The summed E-state index contributed by atoms with van der Waals surface area (Å²) in [4.78, 5) is 3.51. The zero-order chi connectivity index (χ0) is 15.8. The summed E-state index contributed by atoms with van der Waals surface area (Å²) >= 11 is 0. The second-order valence-corrected chi connectivity index (χ2v) is 6.51. The fraction of sp³-hybridized carbons (Fsp3) is 0.300. The summed E-state index contributed by atoms with van der Waals surface area (Å²) in [6, 6.07) is 16.4. The van der Waals surface area contributed by atoms with Crippen LogP contribution in [0.3, 0.4) is 0 Å². The molecule has 0 amide bonds. The normalized spacial score (nSPS) is 18.8. The van der Waals surface area contributed by atoms with Crippen molar-refractivity contribution in [2.75, 3.05) is 6.67 Å². The van der Waals surface area contributed by atoms with E-state index in [-0.39, 0.29) is 18.6 Å². The van der Waals surface area contributed by atoms with Gasteiger partial charge in [-0.25, -0.2) is 0 Å². The van der Waals surface area contributed by atoms with Gasteiger partial charge in [0.25, 0.3) is 0 Å². The second kappa shape index (κ2) is 5.82. The average molecular weight is 308 g/mol. The number of alkyl halides is 1. The number of hydrogen-bond donors (Lipinski definition) is 2. The standard InChI is InChI=1S/C20H21FN2/c21-12-18(13-4-2-1-3-5-13)14-6-8-19-16(10-14)17-11-15(22)7-9-20(17)23-19/h1-6,8,10,15,18,23H,7,9,11-12,22H2/t15-,18+/m0/s1. The summed E-state index contributed by atoms with van der Waals surface area (Å²) < 4.78 is 13.7. The third-order valence-electron chi connectivity index (χ3n) is 5.01. The smallest absolute Gasteiger partial charge is 0.100 e. The van der Waals surface area contributed by atoms with Crippen LogP contribution in [-0.2, 0) is 12.8 Å². The third kappa shape index (κ3) is 2.55.